The SMILES string of the molecule is CC(=O)/C(=N\C1(NC(C)C2=CC=C=C=C2)CCC(C(C)(C)C)CC1)c1cc(Cl)cc(Cl)c1.[Co]. The van der Waals surface area contributed by atoms with E-state index < -0.39 is 5.66 Å². The minimum Gasteiger partial charge on any atom is -0.293 e. The Morgan fingerprint density at radius 3 is 2.24 bits per heavy atom. The number of allylic oxidation sites excluding steroid dienone is 2. The number of hydrogen-bond acceptors (Lipinski definition) is 3. The standard InChI is InChI=1S/C27H32Cl2N2O.Co/c1-18(20-9-7-6-8-10-20)30-27(13-11-22(12-14-27)26(3,4)5)31-25(19(2)32)21-15-23(28)17-24(29)16-21;/h7,9-10,15-18,22,30H,11-14H2,1-5H3;/b31-25+;. The van der Waals surface area contributed by atoms with Gasteiger partial charge in [-0.05, 0) is 85.9 Å². The van der Waals surface area contributed by atoms with Gasteiger partial charge in [0.15, 0.2) is 5.78 Å². The average Bonchev–Trinajstić information content (AvgIpc) is 2.71. The summed E-state index contributed by atoms with van der Waals surface area (Å²) in [6, 6.07) is 5.23. The molecule has 0 aromatic heterocycles. The molecule has 1 aromatic carbocycles. The van der Waals surface area contributed by atoms with Crippen molar-refractivity contribution in [1.82, 2.24) is 5.32 Å². The van der Waals surface area contributed by atoms with E-state index in [4.69, 9.17) is 28.2 Å². The van der Waals surface area contributed by atoms with Crippen LogP contribution < -0.4 is 5.32 Å². The molecule has 0 spiro atoms. The van der Waals surface area contributed by atoms with Crippen LogP contribution in [0.4, 0.5) is 0 Å². The van der Waals surface area contributed by atoms with Gasteiger partial charge in [0.1, 0.15) is 11.4 Å². The predicted octanol–water partition coefficient (Wildman–Crippen LogP) is 7.09. The third-order valence-electron chi connectivity index (χ3n) is 6.50. The first-order valence-corrected chi connectivity index (χ1v) is 12.0. The molecule has 0 bridgehead atoms. The number of aliphatic imine (C=N–C) groups is 1. The molecule has 1 aromatic rings. The number of carbonyl (C=O) groups excluding carboxylic acids is 1. The molecule has 33 heavy (non-hydrogen) atoms. The smallest absolute Gasteiger partial charge is 0.178 e. The normalized spacial score (nSPS) is 23.7. The van der Waals surface area contributed by atoms with Gasteiger partial charge < -0.3 is 0 Å². The van der Waals surface area contributed by atoms with E-state index in [2.05, 4.69) is 44.5 Å². The van der Waals surface area contributed by atoms with Gasteiger partial charge >= 0.3 is 0 Å². The topological polar surface area (TPSA) is 41.5 Å². The van der Waals surface area contributed by atoms with Crippen molar-refractivity contribution in [1.29, 1.82) is 0 Å². The van der Waals surface area contributed by atoms with Crippen molar-refractivity contribution in [2.45, 2.75) is 72.0 Å². The van der Waals surface area contributed by atoms with Crippen molar-refractivity contribution >= 4 is 34.7 Å². The number of carbonyl (C=O) groups is 1. The van der Waals surface area contributed by atoms with Crippen LogP contribution in [0.1, 0.15) is 65.9 Å². The Balaban J connectivity index is 0.00000385. The van der Waals surface area contributed by atoms with Crippen LogP contribution in [0.5, 0.6) is 0 Å². The molecule has 0 amide bonds. The van der Waals surface area contributed by atoms with E-state index in [1.807, 2.05) is 18.2 Å². The zero-order valence-corrected chi connectivity index (χ0v) is 22.4. The second kappa shape index (κ2) is 11.4. The van der Waals surface area contributed by atoms with Gasteiger partial charge in [0.05, 0.1) is 0 Å². The fourth-order valence-corrected chi connectivity index (χ4v) is 5.14. The van der Waals surface area contributed by atoms with Gasteiger partial charge in [0, 0.05) is 45.4 Å². The molecule has 0 saturated heterocycles. The maximum atomic E-state index is 12.7. The number of rotatable bonds is 6. The third-order valence-corrected chi connectivity index (χ3v) is 6.94. The second-order valence-corrected chi connectivity index (χ2v) is 10.9. The van der Waals surface area contributed by atoms with E-state index in [0.717, 1.165) is 31.3 Å². The summed E-state index contributed by atoms with van der Waals surface area (Å²) in [6.45, 7) is 10.6. The number of nitrogens with one attached hydrogen (secondary N) is 1. The van der Waals surface area contributed by atoms with E-state index in [0.29, 0.717) is 27.2 Å². The summed E-state index contributed by atoms with van der Waals surface area (Å²) in [6.07, 6.45) is 9.65. The second-order valence-electron chi connectivity index (χ2n) is 9.98. The summed E-state index contributed by atoms with van der Waals surface area (Å²) in [5.41, 5.74) is 7.87. The molecule has 0 aliphatic heterocycles. The summed E-state index contributed by atoms with van der Waals surface area (Å²) < 4.78 is 0. The van der Waals surface area contributed by atoms with Crippen molar-refractivity contribution in [2.75, 3.05) is 0 Å². The molecule has 2 aliphatic rings. The largest absolute Gasteiger partial charge is 0.293 e. The first kappa shape index (κ1) is 27.9. The molecule has 1 saturated carbocycles. The van der Waals surface area contributed by atoms with Crippen LogP contribution in [0, 0.1) is 11.3 Å². The monoisotopic (exact) mass is 529 g/mol. The first-order valence-electron chi connectivity index (χ1n) is 11.2. The molecule has 179 valence electrons. The quantitative estimate of drug-likeness (QED) is 0.315. The molecule has 1 N–H and O–H groups in total. The Kier molecular flexibility index (Phi) is 9.62. The number of Topliss-reactive ketones (excluding diaryl/α,β-unsaturated/α-hetero) is 1. The van der Waals surface area contributed by atoms with Crippen molar-refractivity contribution in [3.63, 3.8) is 0 Å². The molecule has 3 rings (SSSR count). The minimum absolute atomic E-state index is 0. The average molecular weight is 530 g/mol. The molecule has 1 unspecified atom stereocenters. The molecule has 2 aliphatic carbocycles. The summed E-state index contributed by atoms with van der Waals surface area (Å²) in [4.78, 5) is 17.8. The Bertz CT molecular complexity index is 1030. The van der Waals surface area contributed by atoms with Gasteiger partial charge in [0.2, 0.25) is 0 Å². The predicted molar refractivity (Wildman–Crippen MR) is 135 cm³/mol. The van der Waals surface area contributed by atoms with Crippen LogP contribution in [-0.2, 0) is 21.6 Å². The van der Waals surface area contributed by atoms with Crippen molar-refractivity contribution < 1.29 is 21.6 Å². The third kappa shape index (κ3) is 7.31. The van der Waals surface area contributed by atoms with E-state index in [1.165, 1.54) is 0 Å². The van der Waals surface area contributed by atoms with Gasteiger partial charge in [-0.1, -0.05) is 55.4 Å². The zero-order valence-electron chi connectivity index (χ0n) is 19.9. The van der Waals surface area contributed by atoms with E-state index in [9.17, 15) is 4.79 Å². The van der Waals surface area contributed by atoms with Crippen LogP contribution in [0.15, 0.2) is 58.5 Å². The molecule has 1 radical (unpaired) electrons. The van der Waals surface area contributed by atoms with Crippen LogP contribution in [0.25, 0.3) is 0 Å². The van der Waals surface area contributed by atoms with E-state index in [-0.39, 0.29) is 34.0 Å². The van der Waals surface area contributed by atoms with E-state index in [1.54, 1.807) is 25.1 Å². The van der Waals surface area contributed by atoms with Gasteiger partial charge in [-0.2, -0.15) is 0 Å². The van der Waals surface area contributed by atoms with Crippen LogP contribution in [0.3, 0.4) is 0 Å². The fraction of sp³-hybridized carbons (Fsp3) is 0.481. The zero-order chi connectivity index (χ0) is 23.5. The number of hydrogen-bond donors (Lipinski definition) is 1. The van der Waals surface area contributed by atoms with Crippen LogP contribution in [-0.4, -0.2) is 23.2 Å². The number of ketones is 1. The number of halogens is 2. The minimum atomic E-state index is -0.545. The molecule has 0 heterocycles. The summed E-state index contributed by atoms with van der Waals surface area (Å²) in [5.74, 6) is 0.515. The summed E-state index contributed by atoms with van der Waals surface area (Å²) >= 11 is 12.5. The Labute approximate surface area is 218 Å². The van der Waals surface area contributed by atoms with Crippen molar-refractivity contribution in [3.05, 3.63) is 69.1 Å². The number of nitrogens with zero attached hydrogens (tertiary/aromatic N) is 1. The summed E-state index contributed by atoms with van der Waals surface area (Å²) in [5, 5.41) is 4.75. The molecular formula is C27H32Cl2CoN2O. The Morgan fingerprint density at radius 2 is 1.76 bits per heavy atom. The molecular weight excluding hydrogens is 498 g/mol. The Hall–Kier alpha value is -1.35. The maximum absolute atomic E-state index is 12.7. The van der Waals surface area contributed by atoms with E-state index >= 15 is 0 Å². The van der Waals surface area contributed by atoms with Gasteiger partial charge in [-0.25, -0.2) is 0 Å². The molecule has 3 nitrogen and oxygen atoms in total. The van der Waals surface area contributed by atoms with Crippen LogP contribution in [0.2, 0.25) is 10.0 Å². The van der Waals surface area contributed by atoms with Crippen molar-refractivity contribution in [2.24, 2.45) is 16.3 Å². The van der Waals surface area contributed by atoms with Gasteiger partial charge in [-0.3, -0.25) is 15.1 Å². The molecule has 6 heteroatoms. The first-order chi connectivity index (χ1) is 15.0. The number of benzene rings is 1. The van der Waals surface area contributed by atoms with Gasteiger partial charge in [0.25, 0.3) is 0 Å². The molecule has 1 fully saturated rings. The summed E-state index contributed by atoms with van der Waals surface area (Å²) in [7, 11) is 0. The fourth-order valence-electron chi connectivity index (χ4n) is 4.62. The van der Waals surface area contributed by atoms with Crippen molar-refractivity contribution in [3.8, 4) is 0 Å². The van der Waals surface area contributed by atoms with Crippen LogP contribution >= 0.6 is 23.2 Å². The van der Waals surface area contributed by atoms with Gasteiger partial charge in [-0.15, -0.1) is 0 Å². The maximum Gasteiger partial charge on any atom is 0.178 e. The molecule has 1 atom stereocenters. The Morgan fingerprint density at radius 1 is 1.15 bits per heavy atom.